The molecule has 0 aliphatic rings. The Labute approximate surface area is 207 Å². The molecule has 172 valence electrons. The summed E-state index contributed by atoms with van der Waals surface area (Å²) in [6, 6.07) is 46.5. The van der Waals surface area contributed by atoms with Crippen LogP contribution in [0.5, 0.6) is 23.0 Å². The molecule has 0 atom stereocenters. The van der Waals surface area contributed by atoms with Crippen LogP contribution < -0.4 is 19.8 Å². The molecule has 0 fully saturated rings. The molecule has 0 heterocycles. The van der Waals surface area contributed by atoms with Crippen molar-refractivity contribution in [3.8, 4) is 23.0 Å². The van der Waals surface area contributed by atoms with Crippen LogP contribution in [0.1, 0.15) is 5.56 Å². The standard InChI is InChI=1S/C31H26O3Si/c1-4-10-25(11-5-1)24-32-35(30-20-16-28(17-21-30)33-26-12-6-2-7-13-26)31-22-18-29(19-23-31)34-27-14-8-3-9-15-27/h1-23,35H,24H2. The Kier molecular flexibility index (Phi) is 7.34. The van der Waals surface area contributed by atoms with Gasteiger partial charge in [0.2, 0.25) is 9.04 Å². The highest BCUT2D eigenvalue weighted by molar-refractivity contribution is 6.80. The van der Waals surface area contributed by atoms with E-state index in [1.165, 1.54) is 10.4 Å². The molecule has 0 bridgehead atoms. The molecule has 0 saturated heterocycles. The smallest absolute Gasteiger partial charge is 0.240 e. The number of benzene rings is 5. The van der Waals surface area contributed by atoms with Crippen LogP contribution >= 0.6 is 0 Å². The molecular weight excluding hydrogens is 448 g/mol. The van der Waals surface area contributed by atoms with E-state index in [2.05, 4.69) is 36.4 Å². The van der Waals surface area contributed by atoms with Crippen molar-refractivity contribution in [2.45, 2.75) is 6.61 Å². The predicted octanol–water partition coefficient (Wildman–Crippen LogP) is 6.33. The minimum atomic E-state index is -1.94. The molecule has 5 aromatic rings. The third-order valence-electron chi connectivity index (χ3n) is 5.58. The minimum absolute atomic E-state index is 0.572. The van der Waals surface area contributed by atoms with E-state index in [4.69, 9.17) is 13.9 Å². The lowest BCUT2D eigenvalue weighted by atomic mass is 10.2. The van der Waals surface area contributed by atoms with Crippen molar-refractivity contribution in [3.63, 3.8) is 0 Å². The summed E-state index contributed by atoms with van der Waals surface area (Å²) >= 11 is 0. The molecule has 0 aliphatic heterocycles. The fourth-order valence-electron chi connectivity index (χ4n) is 3.81. The van der Waals surface area contributed by atoms with Gasteiger partial charge in [0.05, 0.1) is 6.61 Å². The maximum atomic E-state index is 6.57. The second kappa shape index (κ2) is 11.3. The third-order valence-corrected chi connectivity index (χ3v) is 8.06. The van der Waals surface area contributed by atoms with Crippen molar-refractivity contribution in [2.24, 2.45) is 0 Å². The number of para-hydroxylation sites is 2. The lowest BCUT2D eigenvalue weighted by Crippen LogP contribution is -2.44. The van der Waals surface area contributed by atoms with Gasteiger partial charge in [-0.15, -0.1) is 0 Å². The normalized spacial score (nSPS) is 10.8. The summed E-state index contributed by atoms with van der Waals surface area (Å²) in [6.07, 6.45) is 0. The zero-order chi connectivity index (χ0) is 23.7. The molecule has 0 aromatic heterocycles. The summed E-state index contributed by atoms with van der Waals surface area (Å²) in [7, 11) is -1.94. The molecule has 0 aliphatic carbocycles. The Bertz CT molecular complexity index is 1220. The average molecular weight is 475 g/mol. The molecule has 5 rings (SSSR count). The molecule has 35 heavy (non-hydrogen) atoms. The van der Waals surface area contributed by atoms with Crippen molar-refractivity contribution in [3.05, 3.63) is 145 Å². The van der Waals surface area contributed by atoms with Crippen molar-refractivity contribution < 1.29 is 13.9 Å². The number of rotatable bonds is 9. The lowest BCUT2D eigenvalue weighted by Gasteiger charge is -2.18. The van der Waals surface area contributed by atoms with Crippen LogP contribution in [0.25, 0.3) is 0 Å². The quantitative estimate of drug-likeness (QED) is 0.234. The van der Waals surface area contributed by atoms with E-state index in [-0.39, 0.29) is 0 Å². The van der Waals surface area contributed by atoms with Crippen LogP contribution in [0, 0.1) is 0 Å². The molecule has 3 nitrogen and oxygen atoms in total. The molecule has 0 unspecified atom stereocenters. The van der Waals surface area contributed by atoms with E-state index in [9.17, 15) is 0 Å². The van der Waals surface area contributed by atoms with Crippen molar-refractivity contribution in [2.75, 3.05) is 0 Å². The Balaban J connectivity index is 1.36. The maximum absolute atomic E-state index is 6.57. The zero-order valence-corrected chi connectivity index (χ0v) is 20.4. The molecule has 0 N–H and O–H groups in total. The van der Waals surface area contributed by atoms with E-state index in [0.717, 1.165) is 28.6 Å². The van der Waals surface area contributed by atoms with Crippen LogP contribution in [0.2, 0.25) is 0 Å². The molecule has 0 amide bonds. The lowest BCUT2D eigenvalue weighted by molar-refractivity contribution is 0.321. The summed E-state index contributed by atoms with van der Waals surface area (Å²) < 4.78 is 18.5. The van der Waals surface area contributed by atoms with Crippen molar-refractivity contribution in [1.82, 2.24) is 0 Å². The zero-order valence-electron chi connectivity index (χ0n) is 19.3. The molecule has 0 radical (unpaired) electrons. The summed E-state index contributed by atoms with van der Waals surface area (Å²) in [5.74, 6) is 3.26. The van der Waals surface area contributed by atoms with E-state index in [0.29, 0.717) is 6.61 Å². The SMILES string of the molecule is c1ccc(CO[SiH](c2ccc(Oc3ccccc3)cc2)c2ccc(Oc3ccccc3)cc2)cc1. The van der Waals surface area contributed by atoms with Crippen LogP contribution in [-0.4, -0.2) is 9.04 Å². The highest BCUT2D eigenvalue weighted by Gasteiger charge is 2.19. The van der Waals surface area contributed by atoms with Gasteiger partial charge in [-0.05, 0) is 64.5 Å². The summed E-state index contributed by atoms with van der Waals surface area (Å²) in [4.78, 5) is 0. The van der Waals surface area contributed by atoms with Gasteiger partial charge in [-0.1, -0.05) is 91.0 Å². The van der Waals surface area contributed by atoms with Gasteiger partial charge in [0.15, 0.2) is 0 Å². The van der Waals surface area contributed by atoms with Gasteiger partial charge in [-0.25, -0.2) is 0 Å². The molecular formula is C31H26O3Si. The summed E-state index contributed by atoms with van der Waals surface area (Å²) in [5, 5.41) is 2.39. The van der Waals surface area contributed by atoms with Gasteiger partial charge >= 0.3 is 0 Å². The second-order valence-corrected chi connectivity index (χ2v) is 10.6. The van der Waals surface area contributed by atoms with Gasteiger partial charge < -0.3 is 13.9 Å². The van der Waals surface area contributed by atoms with E-state index < -0.39 is 9.04 Å². The van der Waals surface area contributed by atoms with E-state index >= 15 is 0 Å². The first-order valence-electron chi connectivity index (χ1n) is 11.6. The minimum Gasteiger partial charge on any atom is -0.457 e. The highest BCUT2D eigenvalue weighted by Crippen LogP contribution is 2.21. The van der Waals surface area contributed by atoms with Gasteiger partial charge in [-0.2, -0.15) is 0 Å². The topological polar surface area (TPSA) is 27.7 Å². The van der Waals surface area contributed by atoms with Crippen LogP contribution in [0.4, 0.5) is 0 Å². The first kappa shape index (κ1) is 22.7. The predicted molar refractivity (Wildman–Crippen MR) is 144 cm³/mol. The van der Waals surface area contributed by atoms with Gasteiger partial charge in [-0.3, -0.25) is 0 Å². The van der Waals surface area contributed by atoms with Gasteiger partial charge in [0.25, 0.3) is 0 Å². The first-order chi connectivity index (χ1) is 17.3. The molecule has 4 heteroatoms. The Morgan fingerprint density at radius 2 is 0.771 bits per heavy atom. The third kappa shape index (κ3) is 6.26. The van der Waals surface area contributed by atoms with Crippen LogP contribution in [-0.2, 0) is 11.0 Å². The highest BCUT2D eigenvalue weighted by atomic mass is 28.3. The van der Waals surface area contributed by atoms with E-state index in [1.54, 1.807) is 0 Å². The Hall–Kier alpha value is -4.12. The van der Waals surface area contributed by atoms with Crippen molar-refractivity contribution in [1.29, 1.82) is 0 Å². The molecule has 5 aromatic carbocycles. The number of hydrogen-bond donors (Lipinski definition) is 0. The monoisotopic (exact) mass is 474 g/mol. The second-order valence-electron chi connectivity index (χ2n) is 8.14. The van der Waals surface area contributed by atoms with E-state index in [1.807, 2.05) is 103 Å². The van der Waals surface area contributed by atoms with Gasteiger partial charge in [0.1, 0.15) is 23.0 Å². The average Bonchev–Trinajstić information content (AvgIpc) is 2.92. The molecule has 0 saturated carbocycles. The largest absolute Gasteiger partial charge is 0.457 e. The number of hydrogen-bond acceptors (Lipinski definition) is 3. The fourth-order valence-corrected chi connectivity index (χ4v) is 6.02. The summed E-state index contributed by atoms with van der Waals surface area (Å²) in [6.45, 7) is 0.572. The maximum Gasteiger partial charge on any atom is 0.240 e. The van der Waals surface area contributed by atoms with Crippen LogP contribution in [0.15, 0.2) is 140 Å². The Morgan fingerprint density at radius 1 is 0.400 bits per heavy atom. The first-order valence-corrected chi connectivity index (χ1v) is 13.3. The summed E-state index contributed by atoms with van der Waals surface area (Å²) in [5.41, 5.74) is 1.16. The Morgan fingerprint density at radius 3 is 1.20 bits per heavy atom. The fraction of sp³-hybridized carbons (Fsp3) is 0.0323. The van der Waals surface area contributed by atoms with Crippen LogP contribution in [0.3, 0.4) is 0 Å². The number of ether oxygens (including phenoxy) is 2. The van der Waals surface area contributed by atoms with Gasteiger partial charge in [0, 0.05) is 0 Å². The molecule has 0 spiro atoms. The van der Waals surface area contributed by atoms with Crippen molar-refractivity contribution >= 4 is 19.4 Å².